The molecule has 7 heteroatoms. The van der Waals surface area contributed by atoms with Crippen LogP contribution in [-0.4, -0.2) is 31.1 Å². The molecule has 148 valence electrons. The number of aryl methyl sites for hydroxylation is 1. The van der Waals surface area contributed by atoms with E-state index in [9.17, 15) is 14.4 Å². The van der Waals surface area contributed by atoms with E-state index in [4.69, 9.17) is 9.47 Å². The summed E-state index contributed by atoms with van der Waals surface area (Å²) < 4.78 is 10.5. The monoisotopic (exact) mass is 401 g/mol. The predicted molar refractivity (Wildman–Crippen MR) is 107 cm³/mol. The quantitative estimate of drug-likeness (QED) is 0.735. The van der Waals surface area contributed by atoms with Crippen molar-refractivity contribution in [1.82, 2.24) is 0 Å². The minimum atomic E-state index is -0.528. The molecule has 1 amide bonds. The number of ether oxygens (including phenoxy) is 2. The second-order valence-electron chi connectivity index (χ2n) is 6.38. The number of hydrogen-bond acceptors (Lipinski definition) is 6. The standard InChI is InChI=1S/C21H23NO5S/c1-3-26-20(24)14-11-8-12-15-16(14)17(21(25)27-4-2)19(28-15)22-18(23)13-9-6-5-7-10-13/h5-7,9-10,14H,3-4,8,11-12H2,1-2H3,(H,22,23). The van der Waals surface area contributed by atoms with Gasteiger partial charge in [-0.15, -0.1) is 11.3 Å². The van der Waals surface area contributed by atoms with Gasteiger partial charge in [-0.25, -0.2) is 4.79 Å². The minimum Gasteiger partial charge on any atom is -0.466 e. The second kappa shape index (κ2) is 9.01. The average Bonchev–Trinajstić information content (AvgIpc) is 3.06. The van der Waals surface area contributed by atoms with Gasteiger partial charge >= 0.3 is 11.9 Å². The molecule has 1 aliphatic rings. The zero-order valence-electron chi connectivity index (χ0n) is 15.9. The van der Waals surface area contributed by atoms with Crippen LogP contribution in [0.4, 0.5) is 5.00 Å². The number of carbonyl (C=O) groups is 3. The number of amides is 1. The van der Waals surface area contributed by atoms with Crippen molar-refractivity contribution in [3.05, 3.63) is 51.9 Å². The third-order valence-corrected chi connectivity index (χ3v) is 5.76. The van der Waals surface area contributed by atoms with E-state index >= 15 is 0 Å². The molecule has 1 aromatic carbocycles. The first-order chi connectivity index (χ1) is 13.6. The molecule has 3 rings (SSSR count). The van der Waals surface area contributed by atoms with E-state index in [1.54, 1.807) is 38.1 Å². The minimum absolute atomic E-state index is 0.208. The number of nitrogens with one attached hydrogen (secondary N) is 1. The molecule has 0 bridgehead atoms. The van der Waals surface area contributed by atoms with Crippen LogP contribution in [0.5, 0.6) is 0 Å². The van der Waals surface area contributed by atoms with E-state index in [1.165, 1.54) is 11.3 Å². The molecule has 1 aromatic heterocycles. The fourth-order valence-electron chi connectivity index (χ4n) is 3.39. The molecule has 6 nitrogen and oxygen atoms in total. The summed E-state index contributed by atoms with van der Waals surface area (Å²) in [5.74, 6) is -1.69. The SMILES string of the molecule is CCOC(=O)c1c(NC(=O)c2ccccc2)sc2c1C(C(=O)OCC)CCC2. The molecule has 28 heavy (non-hydrogen) atoms. The average molecular weight is 401 g/mol. The first-order valence-electron chi connectivity index (χ1n) is 9.42. The van der Waals surface area contributed by atoms with E-state index in [1.807, 2.05) is 6.07 Å². The Hall–Kier alpha value is -2.67. The van der Waals surface area contributed by atoms with Gasteiger partial charge in [-0.3, -0.25) is 9.59 Å². The molecule has 0 radical (unpaired) electrons. The van der Waals surface area contributed by atoms with E-state index in [2.05, 4.69) is 5.32 Å². The molecule has 0 spiro atoms. The van der Waals surface area contributed by atoms with Gasteiger partial charge in [0.2, 0.25) is 0 Å². The molecular formula is C21H23NO5S. The van der Waals surface area contributed by atoms with E-state index in [-0.39, 0.29) is 30.7 Å². The van der Waals surface area contributed by atoms with Crippen LogP contribution in [-0.2, 0) is 20.7 Å². The van der Waals surface area contributed by atoms with Gasteiger partial charge in [-0.2, -0.15) is 0 Å². The van der Waals surface area contributed by atoms with E-state index in [0.29, 0.717) is 22.5 Å². The molecule has 1 heterocycles. The number of esters is 2. The van der Waals surface area contributed by atoms with Crippen molar-refractivity contribution in [2.75, 3.05) is 18.5 Å². The molecule has 1 aliphatic carbocycles. The number of fused-ring (bicyclic) bond motifs is 1. The summed E-state index contributed by atoms with van der Waals surface area (Å²) in [6.07, 6.45) is 2.19. The van der Waals surface area contributed by atoms with Crippen molar-refractivity contribution in [2.24, 2.45) is 0 Å². The molecule has 0 fully saturated rings. The number of rotatable bonds is 6. The summed E-state index contributed by atoms with van der Waals surface area (Å²) in [7, 11) is 0. The van der Waals surface area contributed by atoms with Crippen LogP contribution >= 0.6 is 11.3 Å². The van der Waals surface area contributed by atoms with Gasteiger partial charge in [0.25, 0.3) is 5.91 Å². The largest absolute Gasteiger partial charge is 0.466 e. The van der Waals surface area contributed by atoms with Crippen molar-refractivity contribution in [2.45, 2.75) is 39.0 Å². The summed E-state index contributed by atoms with van der Waals surface area (Å²) in [4.78, 5) is 38.8. The molecule has 0 saturated carbocycles. The van der Waals surface area contributed by atoms with Crippen molar-refractivity contribution in [3.8, 4) is 0 Å². The van der Waals surface area contributed by atoms with Crippen LogP contribution in [0.1, 0.15) is 63.8 Å². The highest BCUT2D eigenvalue weighted by Gasteiger charge is 2.36. The van der Waals surface area contributed by atoms with Crippen molar-refractivity contribution >= 4 is 34.2 Å². The summed E-state index contributed by atoms with van der Waals surface area (Å²) in [5, 5.41) is 3.27. The normalized spacial score (nSPS) is 15.4. The smallest absolute Gasteiger partial charge is 0.341 e. The number of thiophene rings is 1. The van der Waals surface area contributed by atoms with E-state index in [0.717, 1.165) is 17.7 Å². The lowest BCUT2D eigenvalue weighted by Crippen LogP contribution is -2.23. The van der Waals surface area contributed by atoms with Crippen molar-refractivity contribution in [1.29, 1.82) is 0 Å². The lowest BCUT2D eigenvalue weighted by atomic mass is 9.85. The number of hydrogen-bond donors (Lipinski definition) is 1. The zero-order chi connectivity index (χ0) is 20.1. The Balaban J connectivity index is 2.02. The molecule has 2 aromatic rings. The molecule has 0 aliphatic heterocycles. The summed E-state index contributed by atoms with van der Waals surface area (Å²) in [6, 6.07) is 8.78. The summed E-state index contributed by atoms with van der Waals surface area (Å²) >= 11 is 1.34. The third kappa shape index (κ3) is 4.09. The lowest BCUT2D eigenvalue weighted by Gasteiger charge is -2.22. The molecule has 1 atom stereocenters. The Bertz CT molecular complexity index is 874. The van der Waals surface area contributed by atoms with Crippen LogP contribution in [0.15, 0.2) is 30.3 Å². The Morgan fingerprint density at radius 1 is 1.11 bits per heavy atom. The molecule has 1 N–H and O–H groups in total. The van der Waals surface area contributed by atoms with Crippen LogP contribution < -0.4 is 5.32 Å². The van der Waals surface area contributed by atoms with Gasteiger partial charge in [0.1, 0.15) is 5.00 Å². The van der Waals surface area contributed by atoms with Crippen LogP contribution in [0.3, 0.4) is 0 Å². The zero-order valence-corrected chi connectivity index (χ0v) is 16.8. The number of benzene rings is 1. The van der Waals surface area contributed by atoms with Gasteiger partial charge in [0, 0.05) is 10.4 Å². The van der Waals surface area contributed by atoms with Gasteiger partial charge < -0.3 is 14.8 Å². The Labute approximate surface area is 167 Å². The maximum absolute atomic E-state index is 12.7. The first kappa shape index (κ1) is 20.1. The molecule has 0 saturated heterocycles. The fraction of sp³-hybridized carbons (Fsp3) is 0.381. The maximum Gasteiger partial charge on any atom is 0.341 e. The third-order valence-electron chi connectivity index (χ3n) is 4.58. The van der Waals surface area contributed by atoms with E-state index < -0.39 is 11.9 Å². The topological polar surface area (TPSA) is 81.7 Å². The molecule has 1 unspecified atom stereocenters. The maximum atomic E-state index is 12.7. The molecular weight excluding hydrogens is 378 g/mol. The fourth-order valence-corrected chi connectivity index (χ4v) is 4.68. The van der Waals surface area contributed by atoms with Crippen LogP contribution in [0.2, 0.25) is 0 Å². The van der Waals surface area contributed by atoms with Gasteiger partial charge in [0.15, 0.2) is 0 Å². The van der Waals surface area contributed by atoms with Gasteiger partial charge in [-0.05, 0) is 50.8 Å². The van der Waals surface area contributed by atoms with Crippen molar-refractivity contribution in [3.63, 3.8) is 0 Å². The number of anilines is 1. The number of carbonyl (C=O) groups excluding carboxylic acids is 3. The van der Waals surface area contributed by atoms with Gasteiger partial charge in [0.05, 0.1) is 24.7 Å². The van der Waals surface area contributed by atoms with Crippen LogP contribution in [0, 0.1) is 0 Å². The highest BCUT2D eigenvalue weighted by molar-refractivity contribution is 7.17. The Morgan fingerprint density at radius 2 is 1.82 bits per heavy atom. The predicted octanol–water partition coefficient (Wildman–Crippen LogP) is 4.16. The summed E-state index contributed by atoms with van der Waals surface area (Å²) in [5.41, 5.74) is 1.42. The van der Waals surface area contributed by atoms with Gasteiger partial charge in [-0.1, -0.05) is 18.2 Å². The lowest BCUT2D eigenvalue weighted by molar-refractivity contribution is -0.145. The highest BCUT2D eigenvalue weighted by Crippen LogP contribution is 2.44. The first-order valence-corrected chi connectivity index (χ1v) is 10.2. The second-order valence-corrected chi connectivity index (χ2v) is 7.49. The van der Waals surface area contributed by atoms with Crippen LogP contribution in [0.25, 0.3) is 0 Å². The van der Waals surface area contributed by atoms with Crippen molar-refractivity contribution < 1.29 is 23.9 Å². The Morgan fingerprint density at radius 3 is 2.50 bits per heavy atom. The summed E-state index contributed by atoms with van der Waals surface area (Å²) in [6.45, 7) is 3.97. The highest BCUT2D eigenvalue weighted by atomic mass is 32.1. The Kier molecular flexibility index (Phi) is 6.46.